The maximum absolute atomic E-state index is 12.4. The second-order valence-corrected chi connectivity index (χ2v) is 19.6. The fourth-order valence-corrected chi connectivity index (χ4v) is 8.72. The lowest BCUT2D eigenvalue weighted by Gasteiger charge is -2.22. The number of hydrogen-bond acceptors (Lipinski definition) is 5. The molecule has 1 amide bonds. The van der Waals surface area contributed by atoms with Gasteiger partial charge in [0.1, 0.15) is 0 Å². The van der Waals surface area contributed by atoms with Crippen LogP contribution in [0.2, 0.25) is 0 Å². The average Bonchev–Trinajstić information content (AvgIpc) is 3.31. The van der Waals surface area contributed by atoms with E-state index in [0.29, 0.717) is 25.9 Å². The number of amides is 1. The number of aliphatic hydroxyl groups excluding tert-OH is 2. The molecule has 0 aromatic carbocycles. The Bertz CT molecular complexity index is 1060. The first-order chi connectivity index (χ1) is 32.0. The van der Waals surface area contributed by atoms with Crippen LogP contribution in [0.3, 0.4) is 0 Å². The molecule has 0 bridgehead atoms. The Kier molecular flexibility index (Phi) is 53.1. The summed E-state index contributed by atoms with van der Waals surface area (Å²) in [6, 6.07) is -0.553. The second-order valence-electron chi connectivity index (χ2n) is 19.6. The predicted molar refractivity (Wildman–Crippen MR) is 283 cm³/mol. The van der Waals surface area contributed by atoms with Gasteiger partial charge in [0.15, 0.2) is 0 Å². The quantitative estimate of drug-likeness (QED) is 0.0321. The van der Waals surface area contributed by atoms with Gasteiger partial charge in [-0.05, 0) is 89.9 Å². The van der Waals surface area contributed by atoms with Gasteiger partial charge in [-0.3, -0.25) is 9.59 Å². The SMILES string of the molecule is CCCCCCCCC/C=C\CCCCCCCCCC(=O)OCCCCC/C=C\C/C=C\CCCCCCCCCC(=O)NC(CO)C(O)CCCCCCCCCCCCCCC. The van der Waals surface area contributed by atoms with Gasteiger partial charge in [0, 0.05) is 12.8 Å². The van der Waals surface area contributed by atoms with Gasteiger partial charge < -0.3 is 20.3 Å². The molecule has 3 N–H and O–H groups in total. The van der Waals surface area contributed by atoms with Crippen molar-refractivity contribution in [3.8, 4) is 0 Å². The summed E-state index contributed by atoms with van der Waals surface area (Å²) in [5.74, 6) is -0.0699. The molecule has 0 saturated carbocycles. The highest BCUT2D eigenvalue weighted by Crippen LogP contribution is 2.16. The minimum atomic E-state index is -0.674. The van der Waals surface area contributed by atoms with E-state index in [2.05, 4.69) is 55.6 Å². The number of nitrogens with one attached hydrogen (secondary N) is 1. The fourth-order valence-electron chi connectivity index (χ4n) is 8.72. The molecular formula is C59H111NO5. The summed E-state index contributed by atoms with van der Waals surface area (Å²) in [7, 11) is 0. The molecule has 0 heterocycles. The number of unbranched alkanes of at least 4 members (excludes halogenated alkanes) is 36. The first kappa shape index (κ1) is 63.1. The Hall–Kier alpha value is -1.92. The Morgan fingerprint density at radius 2 is 0.769 bits per heavy atom. The summed E-state index contributed by atoms with van der Waals surface area (Å²) < 4.78 is 5.46. The van der Waals surface area contributed by atoms with Crippen LogP contribution in [-0.2, 0) is 14.3 Å². The fraction of sp³-hybridized carbons (Fsp3) is 0.864. The van der Waals surface area contributed by atoms with E-state index in [1.54, 1.807) is 0 Å². The number of allylic oxidation sites excluding steroid dienone is 6. The van der Waals surface area contributed by atoms with Crippen molar-refractivity contribution in [1.29, 1.82) is 0 Å². The van der Waals surface area contributed by atoms with E-state index in [9.17, 15) is 19.8 Å². The van der Waals surface area contributed by atoms with E-state index in [-0.39, 0.29) is 18.5 Å². The third kappa shape index (κ3) is 51.3. The molecule has 65 heavy (non-hydrogen) atoms. The van der Waals surface area contributed by atoms with E-state index >= 15 is 0 Å². The number of carbonyl (C=O) groups excluding carboxylic acids is 2. The number of aliphatic hydroxyl groups is 2. The van der Waals surface area contributed by atoms with Crippen LogP contribution in [0.5, 0.6) is 0 Å². The molecule has 2 atom stereocenters. The maximum Gasteiger partial charge on any atom is 0.305 e. The van der Waals surface area contributed by atoms with E-state index in [0.717, 1.165) is 83.5 Å². The van der Waals surface area contributed by atoms with Gasteiger partial charge >= 0.3 is 5.97 Å². The van der Waals surface area contributed by atoms with Crippen LogP contribution in [0.1, 0.15) is 303 Å². The van der Waals surface area contributed by atoms with Crippen LogP contribution < -0.4 is 5.32 Å². The van der Waals surface area contributed by atoms with Crippen molar-refractivity contribution in [1.82, 2.24) is 5.32 Å². The molecule has 0 radical (unpaired) electrons. The van der Waals surface area contributed by atoms with Crippen LogP contribution in [0.25, 0.3) is 0 Å². The van der Waals surface area contributed by atoms with Gasteiger partial charge in [-0.25, -0.2) is 0 Å². The molecule has 0 fully saturated rings. The van der Waals surface area contributed by atoms with Crippen molar-refractivity contribution in [3.63, 3.8) is 0 Å². The zero-order valence-corrected chi connectivity index (χ0v) is 43.5. The zero-order chi connectivity index (χ0) is 47.2. The largest absolute Gasteiger partial charge is 0.466 e. The van der Waals surface area contributed by atoms with Crippen LogP contribution in [0.4, 0.5) is 0 Å². The summed E-state index contributed by atoms with van der Waals surface area (Å²) in [5.41, 5.74) is 0. The molecule has 0 aliphatic rings. The molecule has 6 heteroatoms. The lowest BCUT2D eigenvalue weighted by atomic mass is 10.0. The van der Waals surface area contributed by atoms with E-state index in [1.165, 1.54) is 186 Å². The molecule has 6 nitrogen and oxygen atoms in total. The third-order valence-corrected chi connectivity index (χ3v) is 13.2. The topological polar surface area (TPSA) is 95.9 Å². The van der Waals surface area contributed by atoms with E-state index < -0.39 is 12.1 Å². The van der Waals surface area contributed by atoms with E-state index in [4.69, 9.17) is 4.74 Å². The summed E-state index contributed by atoms with van der Waals surface area (Å²) in [6.45, 7) is 4.91. The zero-order valence-electron chi connectivity index (χ0n) is 43.5. The number of rotatable bonds is 53. The van der Waals surface area contributed by atoms with Gasteiger partial charge in [0.2, 0.25) is 5.91 Å². The Labute approximate surface area is 404 Å². The van der Waals surface area contributed by atoms with Crippen molar-refractivity contribution in [3.05, 3.63) is 36.5 Å². The highest BCUT2D eigenvalue weighted by atomic mass is 16.5. The van der Waals surface area contributed by atoms with Crippen molar-refractivity contribution < 1.29 is 24.5 Å². The highest BCUT2D eigenvalue weighted by Gasteiger charge is 2.20. The third-order valence-electron chi connectivity index (χ3n) is 13.2. The van der Waals surface area contributed by atoms with Crippen molar-refractivity contribution >= 4 is 11.9 Å². The predicted octanol–water partition coefficient (Wildman–Crippen LogP) is 17.6. The molecule has 0 aliphatic carbocycles. The molecular weight excluding hydrogens is 803 g/mol. The van der Waals surface area contributed by atoms with Gasteiger partial charge in [-0.2, -0.15) is 0 Å². The summed E-state index contributed by atoms with van der Waals surface area (Å²) in [5, 5.41) is 23.2. The van der Waals surface area contributed by atoms with Crippen LogP contribution >= 0.6 is 0 Å². The lowest BCUT2D eigenvalue weighted by Crippen LogP contribution is -2.45. The van der Waals surface area contributed by atoms with Crippen LogP contribution in [-0.4, -0.2) is 47.4 Å². The molecule has 2 unspecified atom stereocenters. The summed E-state index contributed by atoms with van der Waals surface area (Å²) in [4.78, 5) is 24.5. The minimum Gasteiger partial charge on any atom is -0.466 e. The maximum atomic E-state index is 12.4. The number of esters is 1. The summed E-state index contributed by atoms with van der Waals surface area (Å²) >= 11 is 0. The molecule has 0 aromatic heterocycles. The second kappa shape index (κ2) is 54.7. The van der Waals surface area contributed by atoms with Crippen molar-refractivity contribution in [2.24, 2.45) is 0 Å². The average molecular weight is 915 g/mol. The van der Waals surface area contributed by atoms with Gasteiger partial charge in [0.05, 0.1) is 25.4 Å². The van der Waals surface area contributed by atoms with Crippen LogP contribution in [0, 0.1) is 0 Å². The number of carbonyl (C=O) groups is 2. The molecule has 0 rings (SSSR count). The Balaban J connectivity index is 3.48. The monoisotopic (exact) mass is 914 g/mol. The Morgan fingerprint density at radius 1 is 0.431 bits per heavy atom. The van der Waals surface area contributed by atoms with Crippen LogP contribution in [0.15, 0.2) is 36.5 Å². The Morgan fingerprint density at radius 3 is 1.18 bits per heavy atom. The van der Waals surface area contributed by atoms with Crippen molar-refractivity contribution in [2.45, 2.75) is 315 Å². The van der Waals surface area contributed by atoms with E-state index in [1.807, 2.05) is 0 Å². The molecule has 382 valence electrons. The lowest BCUT2D eigenvalue weighted by molar-refractivity contribution is -0.143. The van der Waals surface area contributed by atoms with Crippen molar-refractivity contribution in [2.75, 3.05) is 13.2 Å². The molecule has 0 aliphatic heterocycles. The molecule has 0 spiro atoms. The first-order valence-corrected chi connectivity index (χ1v) is 28.7. The van der Waals surface area contributed by atoms with Gasteiger partial charge in [-0.1, -0.05) is 237 Å². The molecule has 0 aromatic rings. The molecule has 0 saturated heterocycles. The van der Waals surface area contributed by atoms with Gasteiger partial charge in [-0.15, -0.1) is 0 Å². The minimum absolute atomic E-state index is 0.0185. The number of ether oxygens (including phenoxy) is 1. The first-order valence-electron chi connectivity index (χ1n) is 28.7. The standard InChI is InChI=1S/C59H111NO5/c1-3-5-7-9-11-13-15-17-18-19-22-25-29-33-37-41-45-49-53-59(64)65-54-50-46-42-38-34-30-26-23-20-21-24-28-32-36-40-44-48-52-58(63)60-56(55-61)57(62)51-47-43-39-35-31-27-16-14-12-10-8-6-4-2/h18-20,23,30,34,56-57,61-62H,3-17,21-22,24-29,31-33,35-55H2,1-2H3,(H,60,63)/b19-18-,23-20-,34-30-. The highest BCUT2D eigenvalue weighted by molar-refractivity contribution is 5.76. The summed E-state index contributed by atoms with van der Waals surface area (Å²) in [6.07, 6.45) is 67.0. The number of hydrogen-bond donors (Lipinski definition) is 3. The normalized spacial score (nSPS) is 12.9. The smallest absolute Gasteiger partial charge is 0.305 e. The van der Waals surface area contributed by atoms with Gasteiger partial charge in [0.25, 0.3) is 0 Å².